The number of rotatable bonds is 6. The van der Waals surface area contributed by atoms with Gasteiger partial charge in [-0.05, 0) is 75.8 Å². The van der Waals surface area contributed by atoms with E-state index in [1.807, 2.05) is 18.2 Å². The van der Waals surface area contributed by atoms with Gasteiger partial charge >= 0.3 is 0 Å². The summed E-state index contributed by atoms with van der Waals surface area (Å²) in [5.74, 6) is 1.68. The molecule has 6 nitrogen and oxygen atoms in total. The highest BCUT2D eigenvalue weighted by molar-refractivity contribution is 6.13. The molecule has 13 aromatic rings. The Kier molecular flexibility index (Phi) is 7.80. The number of fused-ring (bicyclic) bond motifs is 9. The first-order valence-corrected chi connectivity index (χ1v) is 21.2. The summed E-state index contributed by atoms with van der Waals surface area (Å²) < 4.78 is 10.6. The molecular formula is C57H35N5O. The van der Waals surface area contributed by atoms with Crippen LogP contribution >= 0.6 is 0 Å². The van der Waals surface area contributed by atoms with Crippen molar-refractivity contribution in [3.05, 3.63) is 212 Å². The molecule has 0 saturated heterocycles. The van der Waals surface area contributed by atoms with Crippen LogP contribution in [0, 0.1) is 0 Å². The molecule has 294 valence electrons. The molecule has 0 radical (unpaired) electrons. The van der Waals surface area contributed by atoms with Gasteiger partial charge in [-0.15, -0.1) is 0 Å². The van der Waals surface area contributed by atoms with Gasteiger partial charge in [0.2, 0.25) is 11.9 Å². The van der Waals surface area contributed by atoms with Crippen LogP contribution in [0.1, 0.15) is 0 Å². The Labute approximate surface area is 361 Å². The van der Waals surface area contributed by atoms with Gasteiger partial charge in [0, 0.05) is 37.9 Å². The summed E-state index contributed by atoms with van der Waals surface area (Å²) >= 11 is 0. The van der Waals surface area contributed by atoms with Crippen LogP contribution in [0.2, 0.25) is 0 Å². The normalized spacial score (nSPS) is 11.8. The summed E-state index contributed by atoms with van der Waals surface area (Å²) in [6.07, 6.45) is 0. The number of benzene rings is 9. The van der Waals surface area contributed by atoms with E-state index in [9.17, 15) is 0 Å². The fraction of sp³-hybridized carbons (Fsp3) is 0. The van der Waals surface area contributed by atoms with Crippen molar-refractivity contribution in [2.45, 2.75) is 0 Å². The molecule has 63 heavy (non-hydrogen) atoms. The summed E-state index contributed by atoms with van der Waals surface area (Å²) in [6.45, 7) is 0. The van der Waals surface area contributed by atoms with E-state index < -0.39 is 0 Å². The number of aromatic nitrogens is 5. The molecular weight excluding hydrogens is 771 g/mol. The van der Waals surface area contributed by atoms with Crippen molar-refractivity contribution in [3.63, 3.8) is 0 Å². The minimum absolute atomic E-state index is 0.545. The fourth-order valence-corrected chi connectivity index (χ4v) is 9.51. The molecule has 0 N–H and O–H groups in total. The van der Waals surface area contributed by atoms with E-state index in [4.69, 9.17) is 19.4 Å². The molecule has 6 heteroatoms. The van der Waals surface area contributed by atoms with Crippen molar-refractivity contribution in [2.24, 2.45) is 0 Å². The minimum Gasteiger partial charge on any atom is -0.456 e. The van der Waals surface area contributed by atoms with E-state index in [0.29, 0.717) is 17.7 Å². The lowest BCUT2D eigenvalue weighted by Gasteiger charge is -2.13. The summed E-state index contributed by atoms with van der Waals surface area (Å²) in [6, 6.07) is 74.5. The van der Waals surface area contributed by atoms with Crippen molar-refractivity contribution < 1.29 is 4.42 Å². The van der Waals surface area contributed by atoms with E-state index in [1.54, 1.807) is 0 Å². The maximum Gasteiger partial charge on any atom is 0.240 e. The zero-order chi connectivity index (χ0) is 41.4. The van der Waals surface area contributed by atoms with Crippen LogP contribution in [0.15, 0.2) is 217 Å². The van der Waals surface area contributed by atoms with Gasteiger partial charge in [-0.1, -0.05) is 170 Å². The summed E-state index contributed by atoms with van der Waals surface area (Å²) in [5.41, 5.74) is 13.5. The molecule has 0 spiro atoms. The molecule has 9 aromatic carbocycles. The molecule has 0 saturated carbocycles. The van der Waals surface area contributed by atoms with Gasteiger partial charge in [0.25, 0.3) is 0 Å². The second-order valence-electron chi connectivity index (χ2n) is 16.0. The van der Waals surface area contributed by atoms with E-state index in [1.165, 1.54) is 0 Å². The molecule has 0 unspecified atom stereocenters. The topological polar surface area (TPSA) is 61.7 Å². The van der Waals surface area contributed by atoms with E-state index in [2.05, 4.69) is 203 Å². The number of hydrogen-bond donors (Lipinski definition) is 0. The Bertz CT molecular complexity index is 3860. The third kappa shape index (κ3) is 5.62. The van der Waals surface area contributed by atoms with Crippen molar-refractivity contribution in [3.8, 4) is 56.7 Å². The lowest BCUT2D eigenvalue weighted by atomic mass is 9.96. The maximum absolute atomic E-state index is 6.22. The third-order valence-corrected chi connectivity index (χ3v) is 12.4. The molecule has 4 heterocycles. The first kappa shape index (κ1) is 35.2. The quantitative estimate of drug-likeness (QED) is 0.168. The number of hydrogen-bond acceptors (Lipinski definition) is 4. The van der Waals surface area contributed by atoms with Crippen LogP contribution in [-0.4, -0.2) is 24.1 Å². The highest BCUT2D eigenvalue weighted by Crippen LogP contribution is 2.39. The average molecular weight is 806 g/mol. The van der Waals surface area contributed by atoms with Gasteiger partial charge < -0.3 is 4.42 Å². The van der Waals surface area contributed by atoms with Gasteiger partial charge in [0.1, 0.15) is 11.2 Å². The largest absolute Gasteiger partial charge is 0.456 e. The zero-order valence-electron chi connectivity index (χ0n) is 33.9. The van der Waals surface area contributed by atoms with Crippen LogP contribution in [0.4, 0.5) is 0 Å². The van der Waals surface area contributed by atoms with Crippen molar-refractivity contribution in [1.82, 2.24) is 24.1 Å². The Hall–Kier alpha value is -8.61. The van der Waals surface area contributed by atoms with Gasteiger partial charge in [-0.2, -0.15) is 15.0 Å². The SMILES string of the molecule is c1ccc(-c2ccc3c4ccccc4n(-c4nc(-c5cccc(-c6ccc(-c7cccc8oc9ccccc9c78)cc6)c5)nc(-n5c6ccccc6c6ccccc65)n4)c3c2)cc1. The molecule has 0 atom stereocenters. The van der Waals surface area contributed by atoms with E-state index in [-0.39, 0.29) is 0 Å². The monoisotopic (exact) mass is 805 g/mol. The molecule has 0 amide bonds. The fourth-order valence-electron chi connectivity index (χ4n) is 9.51. The molecule has 0 aliphatic heterocycles. The number of furan rings is 1. The van der Waals surface area contributed by atoms with Gasteiger partial charge in [0.05, 0.1) is 22.1 Å². The molecule has 4 aromatic heterocycles. The predicted molar refractivity (Wildman–Crippen MR) is 258 cm³/mol. The average Bonchev–Trinajstić information content (AvgIpc) is 4.02. The van der Waals surface area contributed by atoms with E-state index >= 15 is 0 Å². The maximum atomic E-state index is 6.22. The lowest BCUT2D eigenvalue weighted by molar-refractivity contribution is 0.669. The smallest absolute Gasteiger partial charge is 0.240 e. The number of para-hydroxylation sites is 4. The molecule has 13 rings (SSSR count). The highest BCUT2D eigenvalue weighted by atomic mass is 16.3. The van der Waals surface area contributed by atoms with Crippen LogP contribution in [0.25, 0.3) is 122 Å². The standard InChI is InChI=1S/C57H35N5O/c1-2-14-36(15-3-1)40-32-33-46-45-20-6-10-25-50(45)62(51(46)35-40)57-59-55(58-56(60-57)61-48-23-8-4-18-43(48)44-19-5-9-24-49(44)61)41-17-12-16-39(34-41)37-28-30-38(31-29-37)42-22-13-27-53-54(42)47-21-7-11-26-52(47)63-53/h1-35H. The second kappa shape index (κ2) is 14.0. The Morgan fingerprint density at radius 2 is 0.778 bits per heavy atom. The molecule has 0 aliphatic rings. The first-order valence-electron chi connectivity index (χ1n) is 21.2. The van der Waals surface area contributed by atoms with Crippen molar-refractivity contribution >= 4 is 65.6 Å². The van der Waals surface area contributed by atoms with Crippen molar-refractivity contribution in [1.29, 1.82) is 0 Å². The highest BCUT2D eigenvalue weighted by Gasteiger charge is 2.21. The Balaban J connectivity index is 1.00. The van der Waals surface area contributed by atoms with Crippen LogP contribution in [-0.2, 0) is 0 Å². The number of nitrogens with zero attached hydrogens (tertiary/aromatic N) is 5. The predicted octanol–water partition coefficient (Wildman–Crippen LogP) is 14.6. The Morgan fingerprint density at radius 1 is 0.302 bits per heavy atom. The van der Waals surface area contributed by atoms with Crippen LogP contribution in [0.3, 0.4) is 0 Å². The summed E-state index contributed by atoms with van der Waals surface area (Å²) in [5, 5.41) is 6.80. The third-order valence-electron chi connectivity index (χ3n) is 12.4. The second-order valence-corrected chi connectivity index (χ2v) is 16.0. The van der Waals surface area contributed by atoms with Gasteiger partial charge in [-0.3, -0.25) is 9.13 Å². The van der Waals surface area contributed by atoms with Gasteiger partial charge in [0.15, 0.2) is 5.82 Å². The lowest BCUT2D eigenvalue weighted by Crippen LogP contribution is -2.10. The van der Waals surface area contributed by atoms with Crippen molar-refractivity contribution in [2.75, 3.05) is 0 Å². The zero-order valence-corrected chi connectivity index (χ0v) is 33.9. The first-order chi connectivity index (χ1) is 31.2. The van der Waals surface area contributed by atoms with E-state index in [0.717, 1.165) is 104 Å². The van der Waals surface area contributed by atoms with Crippen LogP contribution < -0.4 is 0 Å². The minimum atomic E-state index is 0.545. The van der Waals surface area contributed by atoms with Gasteiger partial charge in [-0.25, -0.2) is 0 Å². The summed E-state index contributed by atoms with van der Waals surface area (Å²) in [7, 11) is 0. The molecule has 0 aliphatic carbocycles. The van der Waals surface area contributed by atoms with Crippen LogP contribution in [0.5, 0.6) is 0 Å². The molecule has 0 fully saturated rings. The summed E-state index contributed by atoms with van der Waals surface area (Å²) in [4.78, 5) is 16.1. The Morgan fingerprint density at radius 3 is 1.48 bits per heavy atom. The molecule has 0 bridgehead atoms.